The van der Waals surface area contributed by atoms with E-state index >= 15 is 0 Å². The van der Waals surface area contributed by atoms with Crippen LogP contribution in [-0.2, 0) is 0 Å². The van der Waals surface area contributed by atoms with E-state index in [-0.39, 0.29) is 11.4 Å². The van der Waals surface area contributed by atoms with E-state index in [9.17, 15) is 10.1 Å². The molecule has 0 aliphatic heterocycles. The van der Waals surface area contributed by atoms with Crippen molar-refractivity contribution in [2.45, 2.75) is 0 Å². The van der Waals surface area contributed by atoms with Crippen molar-refractivity contribution < 1.29 is 4.92 Å². The van der Waals surface area contributed by atoms with Crippen molar-refractivity contribution in [1.29, 1.82) is 0 Å². The maximum absolute atomic E-state index is 10.9. The number of hydrogen-bond acceptors (Lipinski definition) is 4. The molecule has 0 heterocycles. The fourth-order valence-corrected chi connectivity index (χ4v) is 1.96. The van der Waals surface area contributed by atoms with Crippen LogP contribution in [0.1, 0.15) is 0 Å². The van der Waals surface area contributed by atoms with Gasteiger partial charge in [0.05, 0.1) is 10.6 Å². The minimum Gasteiger partial charge on any atom is -0.258 e. The van der Waals surface area contributed by atoms with E-state index in [0.29, 0.717) is 10.2 Å². The number of nitro groups is 1. The second kappa shape index (κ2) is 6.03. The highest BCUT2D eigenvalue weighted by molar-refractivity contribution is 9.10. The van der Waals surface area contributed by atoms with Crippen LogP contribution in [0.25, 0.3) is 0 Å². The Morgan fingerprint density at radius 2 is 1.58 bits per heavy atom. The summed E-state index contributed by atoms with van der Waals surface area (Å²) in [4.78, 5) is 10.4. The molecule has 96 valence electrons. The maximum Gasteiger partial charge on any atom is 0.297 e. The van der Waals surface area contributed by atoms with Crippen molar-refractivity contribution in [3.63, 3.8) is 0 Å². The summed E-state index contributed by atoms with van der Waals surface area (Å²) in [5.74, 6) is 0. The fraction of sp³-hybridized carbons (Fsp3) is 0. The van der Waals surface area contributed by atoms with Crippen molar-refractivity contribution in [2.24, 2.45) is 10.2 Å². The van der Waals surface area contributed by atoms with E-state index in [1.165, 1.54) is 6.07 Å². The third-order valence-corrected chi connectivity index (χ3v) is 3.26. The van der Waals surface area contributed by atoms with Crippen molar-refractivity contribution in [1.82, 2.24) is 0 Å². The molecule has 5 nitrogen and oxygen atoms in total. The summed E-state index contributed by atoms with van der Waals surface area (Å²) in [6.07, 6.45) is 0. The van der Waals surface area contributed by atoms with Gasteiger partial charge in [-0.2, -0.15) is 5.11 Å². The molecule has 0 aliphatic carbocycles. The number of rotatable bonds is 3. The van der Waals surface area contributed by atoms with Gasteiger partial charge in [-0.05, 0) is 36.4 Å². The Hall–Kier alpha value is -1.60. The van der Waals surface area contributed by atoms with Gasteiger partial charge in [0, 0.05) is 15.0 Å². The van der Waals surface area contributed by atoms with Gasteiger partial charge in [-0.1, -0.05) is 31.9 Å². The first-order valence-corrected chi connectivity index (χ1v) is 6.76. The molecule has 0 N–H and O–H groups in total. The monoisotopic (exact) mass is 383 g/mol. The Labute approximate surface area is 125 Å². The van der Waals surface area contributed by atoms with Crippen molar-refractivity contribution in [3.05, 3.63) is 61.5 Å². The lowest BCUT2D eigenvalue weighted by atomic mass is 10.3. The normalized spacial score (nSPS) is 10.8. The van der Waals surface area contributed by atoms with E-state index in [4.69, 9.17) is 0 Å². The Morgan fingerprint density at radius 1 is 0.947 bits per heavy atom. The summed E-state index contributed by atoms with van der Waals surface area (Å²) in [5, 5.41) is 18.8. The van der Waals surface area contributed by atoms with Crippen LogP contribution in [0.5, 0.6) is 0 Å². The van der Waals surface area contributed by atoms with Gasteiger partial charge in [0.25, 0.3) is 5.69 Å². The van der Waals surface area contributed by atoms with E-state index in [1.807, 2.05) is 12.1 Å². The molecule has 7 heteroatoms. The van der Waals surface area contributed by atoms with Crippen molar-refractivity contribution >= 4 is 48.9 Å². The topological polar surface area (TPSA) is 67.9 Å². The molecule has 0 fully saturated rings. The first-order chi connectivity index (χ1) is 9.06. The van der Waals surface area contributed by atoms with Gasteiger partial charge in [-0.3, -0.25) is 10.1 Å². The molecule has 0 atom stereocenters. The van der Waals surface area contributed by atoms with Crippen LogP contribution in [0.4, 0.5) is 17.1 Å². The van der Waals surface area contributed by atoms with Crippen LogP contribution < -0.4 is 0 Å². The zero-order chi connectivity index (χ0) is 13.8. The minimum atomic E-state index is -0.485. The molecule has 19 heavy (non-hydrogen) atoms. The van der Waals surface area contributed by atoms with Gasteiger partial charge in [0.15, 0.2) is 5.69 Å². The van der Waals surface area contributed by atoms with Crippen molar-refractivity contribution in [2.75, 3.05) is 0 Å². The third kappa shape index (κ3) is 3.68. The van der Waals surface area contributed by atoms with Gasteiger partial charge >= 0.3 is 0 Å². The first-order valence-electron chi connectivity index (χ1n) is 5.17. The predicted octanol–water partition coefficient (Wildman–Crippen LogP) is 5.54. The summed E-state index contributed by atoms with van der Waals surface area (Å²) in [7, 11) is 0. The molecule has 0 aromatic heterocycles. The SMILES string of the molecule is O=[N+]([O-])c1cc(Br)ccc1/N=N/c1ccc(Br)cc1. The summed E-state index contributed by atoms with van der Waals surface area (Å²) < 4.78 is 1.56. The number of hydrogen-bond donors (Lipinski definition) is 0. The standard InChI is InChI=1S/C12H7Br2N3O2/c13-8-1-4-10(5-2-8)15-16-11-6-3-9(14)7-12(11)17(18)19/h1-7H/b16-15+. The van der Waals surface area contributed by atoms with E-state index in [2.05, 4.69) is 42.1 Å². The molecule has 2 rings (SSSR count). The van der Waals surface area contributed by atoms with Gasteiger partial charge in [-0.25, -0.2) is 0 Å². The average molecular weight is 385 g/mol. The molecule has 0 bridgehead atoms. The van der Waals surface area contributed by atoms with Crippen molar-refractivity contribution in [3.8, 4) is 0 Å². The number of halogens is 2. The Bertz CT molecular complexity index is 642. The molecule has 0 saturated heterocycles. The van der Waals surface area contributed by atoms with Gasteiger partial charge < -0.3 is 0 Å². The van der Waals surface area contributed by atoms with Crippen LogP contribution in [0.2, 0.25) is 0 Å². The number of nitrogens with zero attached hydrogens (tertiary/aromatic N) is 3. The predicted molar refractivity (Wildman–Crippen MR) is 79.1 cm³/mol. The minimum absolute atomic E-state index is 0.0877. The zero-order valence-electron chi connectivity index (χ0n) is 9.46. The molecule has 0 amide bonds. The molecule has 0 aliphatic rings. The number of azo groups is 1. The number of benzene rings is 2. The van der Waals surface area contributed by atoms with E-state index in [1.54, 1.807) is 24.3 Å². The van der Waals surface area contributed by atoms with Crippen LogP contribution in [0.3, 0.4) is 0 Å². The maximum atomic E-state index is 10.9. The highest BCUT2D eigenvalue weighted by Crippen LogP contribution is 2.31. The highest BCUT2D eigenvalue weighted by Gasteiger charge is 2.13. The summed E-state index contributed by atoms with van der Waals surface area (Å²) >= 11 is 6.50. The molecule has 0 unspecified atom stereocenters. The van der Waals surface area contributed by atoms with Gasteiger partial charge in [-0.15, -0.1) is 5.11 Å². The summed E-state index contributed by atoms with van der Waals surface area (Å²) in [6.45, 7) is 0. The van der Waals surface area contributed by atoms with Crippen LogP contribution in [0, 0.1) is 10.1 Å². The second-order valence-corrected chi connectivity index (χ2v) is 5.40. The molecular formula is C12H7Br2N3O2. The Kier molecular flexibility index (Phi) is 4.39. The molecule has 0 spiro atoms. The first kappa shape index (κ1) is 13.8. The second-order valence-electron chi connectivity index (χ2n) is 3.57. The quantitative estimate of drug-likeness (QED) is 0.396. The number of nitro benzene ring substituents is 1. The lowest BCUT2D eigenvalue weighted by Gasteiger charge is -1.97. The molecule has 0 radical (unpaired) electrons. The van der Waals surface area contributed by atoms with Crippen LogP contribution in [-0.4, -0.2) is 4.92 Å². The highest BCUT2D eigenvalue weighted by atomic mass is 79.9. The summed E-state index contributed by atoms with van der Waals surface area (Å²) in [6, 6.07) is 11.8. The lowest BCUT2D eigenvalue weighted by Crippen LogP contribution is -1.87. The largest absolute Gasteiger partial charge is 0.297 e. The molecule has 2 aromatic rings. The Balaban J connectivity index is 2.32. The Morgan fingerprint density at radius 3 is 2.21 bits per heavy atom. The molecule has 0 saturated carbocycles. The average Bonchev–Trinajstić information content (AvgIpc) is 2.39. The summed E-state index contributed by atoms with van der Waals surface area (Å²) in [5.41, 5.74) is 0.756. The lowest BCUT2D eigenvalue weighted by molar-refractivity contribution is -0.384. The van der Waals surface area contributed by atoms with E-state index < -0.39 is 4.92 Å². The van der Waals surface area contributed by atoms with Gasteiger partial charge in [0.2, 0.25) is 0 Å². The van der Waals surface area contributed by atoms with E-state index in [0.717, 1.165) is 4.47 Å². The fourth-order valence-electron chi connectivity index (χ4n) is 1.35. The van der Waals surface area contributed by atoms with Crippen LogP contribution >= 0.6 is 31.9 Å². The zero-order valence-corrected chi connectivity index (χ0v) is 12.6. The molecule has 2 aromatic carbocycles. The molecular weight excluding hydrogens is 378 g/mol. The smallest absolute Gasteiger partial charge is 0.258 e. The third-order valence-electron chi connectivity index (χ3n) is 2.23. The van der Waals surface area contributed by atoms with Crippen LogP contribution in [0.15, 0.2) is 61.6 Å². The van der Waals surface area contributed by atoms with Gasteiger partial charge in [0.1, 0.15) is 0 Å².